The summed E-state index contributed by atoms with van der Waals surface area (Å²) >= 11 is 0. The Morgan fingerprint density at radius 2 is 1.96 bits per heavy atom. The number of carbonyl (C=O) groups is 1. The van der Waals surface area contributed by atoms with Crippen molar-refractivity contribution in [2.24, 2.45) is 0 Å². The van der Waals surface area contributed by atoms with Crippen LogP contribution in [-0.4, -0.2) is 33.6 Å². The maximum atomic E-state index is 12.0. The van der Waals surface area contributed by atoms with Gasteiger partial charge in [0.25, 0.3) is 0 Å². The lowest BCUT2D eigenvalue weighted by Gasteiger charge is -2.17. The minimum absolute atomic E-state index is 0.126. The van der Waals surface area contributed by atoms with Gasteiger partial charge in [-0.15, -0.1) is 0 Å². The van der Waals surface area contributed by atoms with Crippen LogP contribution in [0.5, 0.6) is 11.5 Å². The molecular formula is C21H26O5. The molecule has 0 aliphatic heterocycles. The van der Waals surface area contributed by atoms with Crippen LogP contribution >= 0.6 is 0 Å². The third kappa shape index (κ3) is 4.17. The van der Waals surface area contributed by atoms with Gasteiger partial charge in [0, 0.05) is 18.1 Å². The van der Waals surface area contributed by atoms with E-state index in [2.05, 4.69) is 13.0 Å². The van der Waals surface area contributed by atoms with Gasteiger partial charge in [0.1, 0.15) is 0 Å². The average Bonchev–Trinajstić information content (AvgIpc) is 2.66. The molecule has 140 valence electrons. The quantitative estimate of drug-likeness (QED) is 0.399. The monoisotopic (exact) mass is 358 g/mol. The van der Waals surface area contributed by atoms with Crippen molar-refractivity contribution < 1.29 is 23.7 Å². The van der Waals surface area contributed by atoms with Crippen LogP contribution in [0.25, 0.3) is 16.8 Å². The van der Waals surface area contributed by atoms with Crippen molar-refractivity contribution in [1.29, 1.82) is 0 Å². The van der Waals surface area contributed by atoms with Gasteiger partial charge >= 0.3 is 5.97 Å². The predicted molar refractivity (Wildman–Crippen MR) is 103 cm³/mol. The highest BCUT2D eigenvalue weighted by atomic mass is 16.7. The molecule has 5 heteroatoms. The normalized spacial score (nSPS) is 11.5. The van der Waals surface area contributed by atoms with E-state index in [4.69, 9.17) is 18.9 Å². The van der Waals surface area contributed by atoms with E-state index >= 15 is 0 Å². The molecule has 0 unspecified atom stereocenters. The Morgan fingerprint density at radius 1 is 1.19 bits per heavy atom. The van der Waals surface area contributed by atoms with Gasteiger partial charge < -0.3 is 18.9 Å². The highest BCUT2D eigenvalue weighted by Gasteiger charge is 2.17. The average molecular weight is 358 g/mol. The van der Waals surface area contributed by atoms with Gasteiger partial charge in [0.05, 0.1) is 13.7 Å². The molecule has 26 heavy (non-hydrogen) atoms. The fourth-order valence-corrected chi connectivity index (χ4v) is 2.88. The van der Waals surface area contributed by atoms with Gasteiger partial charge in [-0.05, 0) is 48.9 Å². The van der Waals surface area contributed by atoms with Crippen molar-refractivity contribution in [3.05, 3.63) is 41.0 Å². The summed E-state index contributed by atoms with van der Waals surface area (Å²) in [7, 11) is 3.18. The van der Waals surface area contributed by atoms with E-state index in [0.717, 1.165) is 28.3 Å². The van der Waals surface area contributed by atoms with E-state index in [1.54, 1.807) is 28.1 Å². The van der Waals surface area contributed by atoms with Gasteiger partial charge in [0.2, 0.25) is 0 Å². The molecule has 0 N–H and O–H groups in total. The number of aryl methyl sites for hydroxylation is 1. The SMILES string of the molecule is CCOC(=O)C(C)=Cc1cc(OC)c(OCOC)c2c(CC)cccc12. The Hall–Kier alpha value is -2.53. The second-order valence-electron chi connectivity index (χ2n) is 5.79. The molecular weight excluding hydrogens is 332 g/mol. The van der Waals surface area contributed by atoms with Crippen molar-refractivity contribution in [2.75, 3.05) is 27.6 Å². The van der Waals surface area contributed by atoms with Crippen LogP contribution in [0.15, 0.2) is 29.8 Å². The molecule has 0 bridgehead atoms. The third-order valence-corrected chi connectivity index (χ3v) is 4.09. The molecule has 2 aromatic rings. The molecule has 2 aromatic carbocycles. The van der Waals surface area contributed by atoms with Gasteiger partial charge in [-0.3, -0.25) is 0 Å². The Balaban J connectivity index is 2.73. The molecule has 5 nitrogen and oxygen atoms in total. The molecule has 0 spiro atoms. The predicted octanol–water partition coefficient (Wildman–Crippen LogP) is 4.36. The molecule has 0 amide bonds. The molecule has 0 saturated heterocycles. The van der Waals surface area contributed by atoms with Crippen molar-refractivity contribution >= 4 is 22.8 Å². The summed E-state index contributed by atoms with van der Waals surface area (Å²) in [4.78, 5) is 12.0. The van der Waals surface area contributed by atoms with Crippen molar-refractivity contribution in [3.8, 4) is 11.5 Å². The maximum Gasteiger partial charge on any atom is 0.333 e. The molecule has 0 radical (unpaired) electrons. The van der Waals surface area contributed by atoms with Crippen LogP contribution in [-0.2, 0) is 20.7 Å². The fourth-order valence-electron chi connectivity index (χ4n) is 2.88. The van der Waals surface area contributed by atoms with E-state index in [-0.39, 0.29) is 12.8 Å². The van der Waals surface area contributed by atoms with Crippen LogP contribution in [0, 0.1) is 0 Å². The Bertz CT molecular complexity index is 808. The number of carbonyl (C=O) groups excluding carboxylic acids is 1. The first-order chi connectivity index (χ1) is 12.6. The number of hydrogen-bond donors (Lipinski definition) is 0. The van der Waals surface area contributed by atoms with Crippen LogP contribution in [0.1, 0.15) is 31.9 Å². The van der Waals surface area contributed by atoms with Crippen LogP contribution in [0.2, 0.25) is 0 Å². The van der Waals surface area contributed by atoms with Gasteiger partial charge in [0.15, 0.2) is 18.3 Å². The Kier molecular flexibility index (Phi) is 7.04. The van der Waals surface area contributed by atoms with Gasteiger partial charge in [-0.2, -0.15) is 0 Å². The van der Waals surface area contributed by atoms with E-state index in [0.29, 0.717) is 23.7 Å². The zero-order chi connectivity index (χ0) is 19.1. The van der Waals surface area contributed by atoms with Gasteiger partial charge in [-0.25, -0.2) is 4.79 Å². The summed E-state index contributed by atoms with van der Waals surface area (Å²) < 4.78 is 21.5. The van der Waals surface area contributed by atoms with E-state index in [9.17, 15) is 4.79 Å². The summed E-state index contributed by atoms with van der Waals surface area (Å²) in [6.07, 6.45) is 2.66. The molecule has 0 saturated carbocycles. The number of hydrogen-bond acceptors (Lipinski definition) is 5. The maximum absolute atomic E-state index is 12.0. The number of fused-ring (bicyclic) bond motifs is 1. The van der Waals surface area contributed by atoms with Crippen LogP contribution in [0.4, 0.5) is 0 Å². The summed E-state index contributed by atoms with van der Waals surface area (Å²) in [5, 5.41) is 1.95. The topological polar surface area (TPSA) is 54.0 Å². The number of benzene rings is 2. The number of methoxy groups -OCH3 is 2. The lowest BCUT2D eigenvalue weighted by molar-refractivity contribution is -0.138. The molecule has 0 aromatic heterocycles. The summed E-state index contributed by atoms with van der Waals surface area (Å²) in [5.74, 6) is 0.914. The zero-order valence-corrected chi connectivity index (χ0v) is 16.0. The Morgan fingerprint density at radius 3 is 2.58 bits per heavy atom. The first-order valence-corrected chi connectivity index (χ1v) is 8.67. The molecule has 0 heterocycles. The lowest BCUT2D eigenvalue weighted by Crippen LogP contribution is -2.05. The van der Waals surface area contributed by atoms with Crippen LogP contribution in [0.3, 0.4) is 0 Å². The summed E-state index contributed by atoms with van der Waals surface area (Å²) in [5.41, 5.74) is 2.54. The van der Waals surface area contributed by atoms with Crippen LogP contribution < -0.4 is 9.47 Å². The van der Waals surface area contributed by atoms with E-state index < -0.39 is 0 Å². The standard InChI is InChI=1S/C21H26O5/c1-6-15-9-8-10-17-16(11-14(3)21(22)25-7-2)12-18(24-5)20(19(15)17)26-13-23-4/h8-12H,6-7,13H2,1-5H3. The number of ether oxygens (including phenoxy) is 4. The molecule has 0 fully saturated rings. The largest absolute Gasteiger partial charge is 0.493 e. The Labute approximate surface area is 154 Å². The second kappa shape index (κ2) is 9.25. The van der Waals surface area contributed by atoms with Gasteiger partial charge in [-0.1, -0.05) is 25.1 Å². The molecule has 0 aliphatic rings. The first-order valence-electron chi connectivity index (χ1n) is 8.67. The second-order valence-corrected chi connectivity index (χ2v) is 5.79. The highest BCUT2D eigenvalue weighted by Crippen LogP contribution is 2.41. The first kappa shape index (κ1) is 19.8. The molecule has 0 atom stereocenters. The van der Waals surface area contributed by atoms with E-state index in [1.165, 1.54) is 0 Å². The number of rotatable bonds is 8. The summed E-state index contributed by atoms with van der Waals surface area (Å²) in [6, 6.07) is 7.95. The van der Waals surface area contributed by atoms with Crippen molar-refractivity contribution in [3.63, 3.8) is 0 Å². The smallest absolute Gasteiger partial charge is 0.333 e. The summed E-state index contributed by atoms with van der Waals surface area (Å²) in [6.45, 7) is 6.10. The number of esters is 1. The lowest BCUT2D eigenvalue weighted by atomic mass is 9.96. The zero-order valence-electron chi connectivity index (χ0n) is 16.0. The highest BCUT2D eigenvalue weighted by molar-refractivity contribution is 6.02. The fraction of sp³-hybridized carbons (Fsp3) is 0.381. The minimum atomic E-state index is -0.328. The third-order valence-electron chi connectivity index (χ3n) is 4.09. The minimum Gasteiger partial charge on any atom is -0.493 e. The molecule has 0 aliphatic carbocycles. The van der Waals surface area contributed by atoms with Crippen molar-refractivity contribution in [1.82, 2.24) is 0 Å². The van der Waals surface area contributed by atoms with Crippen molar-refractivity contribution in [2.45, 2.75) is 27.2 Å². The van der Waals surface area contributed by atoms with E-state index in [1.807, 2.05) is 24.3 Å². The molecule has 2 rings (SSSR count).